The zero-order chi connectivity index (χ0) is 14.7. The number of hydrogen-bond acceptors (Lipinski definition) is 3. The van der Waals surface area contributed by atoms with Crippen LogP contribution in [0.1, 0.15) is 5.56 Å². The normalized spacial score (nSPS) is 10.3. The van der Waals surface area contributed by atoms with Crippen LogP contribution in [0.25, 0.3) is 0 Å². The Morgan fingerprint density at radius 1 is 1.20 bits per heavy atom. The lowest BCUT2D eigenvalue weighted by Gasteiger charge is -2.09. The van der Waals surface area contributed by atoms with E-state index in [2.05, 4.69) is 5.32 Å². The second kappa shape index (κ2) is 5.83. The number of anilines is 1. The average Bonchev–Trinajstić information content (AvgIpc) is 2.39. The number of non-ortho nitro benzene ring substituents is 1. The number of nitro groups is 1. The highest BCUT2D eigenvalue weighted by atomic mass is 35.5. The fourth-order valence-corrected chi connectivity index (χ4v) is 1.89. The molecule has 1 N–H and O–H groups in total. The topological polar surface area (TPSA) is 55.2 Å². The molecule has 0 atom stereocenters. The van der Waals surface area contributed by atoms with Gasteiger partial charge in [0.05, 0.1) is 15.6 Å². The summed E-state index contributed by atoms with van der Waals surface area (Å²) in [5, 5.41) is 13.4. The maximum atomic E-state index is 13.4. The van der Waals surface area contributed by atoms with Crippen LogP contribution < -0.4 is 5.32 Å². The van der Waals surface area contributed by atoms with Crippen molar-refractivity contribution in [3.63, 3.8) is 0 Å². The minimum Gasteiger partial charge on any atom is -0.380 e. The molecular weight excluding hydrogens is 290 g/mol. The molecule has 0 spiro atoms. The van der Waals surface area contributed by atoms with Gasteiger partial charge in [0, 0.05) is 24.2 Å². The molecule has 0 heterocycles. The van der Waals surface area contributed by atoms with Crippen LogP contribution in [0.15, 0.2) is 36.4 Å². The number of nitro benzene ring substituents is 1. The Morgan fingerprint density at radius 3 is 2.40 bits per heavy atom. The standard InChI is InChI=1S/C13H9ClF2N2O2/c14-10-6-8(18(19)20)4-5-13(10)17-7-9-11(15)2-1-3-12(9)16/h1-6,17H,7H2. The van der Waals surface area contributed by atoms with Crippen molar-refractivity contribution < 1.29 is 13.7 Å². The summed E-state index contributed by atoms with van der Waals surface area (Å²) in [6, 6.07) is 7.38. The van der Waals surface area contributed by atoms with Gasteiger partial charge in [0.2, 0.25) is 0 Å². The van der Waals surface area contributed by atoms with Crippen molar-refractivity contribution in [1.29, 1.82) is 0 Å². The van der Waals surface area contributed by atoms with Gasteiger partial charge in [0.25, 0.3) is 5.69 Å². The van der Waals surface area contributed by atoms with E-state index >= 15 is 0 Å². The zero-order valence-corrected chi connectivity index (χ0v) is 10.8. The maximum Gasteiger partial charge on any atom is 0.271 e. The summed E-state index contributed by atoms with van der Waals surface area (Å²) >= 11 is 5.86. The Kier molecular flexibility index (Phi) is 4.14. The van der Waals surface area contributed by atoms with E-state index in [0.29, 0.717) is 5.69 Å². The minimum absolute atomic E-state index is 0.107. The quantitative estimate of drug-likeness (QED) is 0.682. The van der Waals surface area contributed by atoms with E-state index in [9.17, 15) is 18.9 Å². The molecule has 0 fully saturated rings. The van der Waals surface area contributed by atoms with E-state index in [-0.39, 0.29) is 22.8 Å². The van der Waals surface area contributed by atoms with Crippen LogP contribution in [-0.4, -0.2) is 4.92 Å². The van der Waals surface area contributed by atoms with Crippen molar-refractivity contribution in [1.82, 2.24) is 0 Å². The minimum atomic E-state index is -0.671. The van der Waals surface area contributed by atoms with Crippen molar-refractivity contribution in [3.05, 3.63) is 68.7 Å². The molecule has 104 valence electrons. The molecule has 0 aliphatic rings. The first-order valence-corrected chi connectivity index (χ1v) is 5.97. The molecular formula is C13H9ClF2N2O2. The largest absolute Gasteiger partial charge is 0.380 e. The Balaban J connectivity index is 2.17. The third-order valence-corrected chi connectivity index (χ3v) is 2.99. The Morgan fingerprint density at radius 2 is 1.85 bits per heavy atom. The van der Waals surface area contributed by atoms with Gasteiger partial charge in [-0.1, -0.05) is 17.7 Å². The predicted octanol–water partition coefficient (Wildman–Crippen LogP) is 4.14. The summed E-state index contributed by atoms with van der Waals surface area (Å²) in [7, 11) is 0. The fraction of sp³-hybridized carbons (Fsp3) is 0.0769. The van der Waals surface area contributed by atoms with E-state index in [4.69, 9.17) is 11.6 Å². The average molecular weight is 299 g/mol. The monoisotopic (exact) mass is 298 g/mol. The molecule has 20 heavy (non-hydrogen) atoms. The van der Waals surface area contributed by atoms with Gasteiger partial charge < -0.3 is 5.32 Å². The SMILES string of the molecule is O=[N+]([O-])c1ccc(NCc2c(F)cccc2F)c(Cl)c1. The van der Waals surface area contributed by atoms with Crippen LogP contribution in [0, 0.1) is 21.7 Å². The molecule has 7 heteroatoms. The molecule has 0 amide bonds. The van der Waals surface area contributed by atoms with Crippen molar-refractivity contribution in [2.75, 3.05) is 5.32 Å². The van der Waals surface area contributed by atoms with E-state index in [1.165, 1.54) is 24.3 Å². The van der Waals surface area contributed by atoms with Crippen molar-refractivity contribution in [2.24, 2.45) is 0 Å². The highest BCUT2D eigenvalue weighted by Crippen LogP contribution is 2.27. The molecule has 2 aromatic rings. The second-order valence-corrected chi connectivity index (χ2v) is 4.38. The van der Waals surface area contributed by atoms with Crippen LogP contribution >= 0.6 is 11.6 Å². The molecule has 0 radical (unpaired) electrons. The number of nitrogens with zero attached hydrogens (tertiary/aromatic N) is 1. The first-order chi connectivity index (χ1) is 9.49. The molecule has 0 aliphatic carbocycles. The summed E-state index contributed by atoms with van der Waals surface area (Å²) in [4.78, 5) is 9.98. The Bertz CT molecular complexity index is 645. The Labute approximate surface area is 118 Å². The molecule has 0 saturated heterocycles. The highest BCUT2D eigenvalue weighted by molar-refractivity contribution is 6.33. The van der Waals surface area contributed by atoms with E-state index < -0.39 is 16.6 Å². The summed E-state index contributed by atoms with van der Waals surface area (Å²) in [5.74, 6) is -1.34. The van der Waals surface area contributed by atoms with Gasteiger partial charge in [-0.25, -0.2) is 8.78 Å². The van der Waals surface area contributed by atoms with Gasteiger partial charge in [-0.15, -0.1) is 0 Å². The number of nitrogens with one attached hydrogen (secondary N) is 1. The van der Waals surface area contributed by atoms with Crippen LogP contribution in [-0.2, 0) is 6.54 Å². The molecule has 0 bridgehead atoms. The smallest absolute Gasteiger partial charge is 0.271 e. The molecule has 2 aromatic carbocycles. The Hall–Kier alpha value is -2.21. The highest BCUT2D eigenvalue weighted by Gasteiger charge is 2.11. The van der Waals surface area contributed by atoms with Crippen LogP contribution in [0.4, 0.5) is 20.2 Å². The van der Waals surface area contributed by atoms with Gasteiger partial charge in [0.1, 0.15) is 11.6 Å². The van der Waals surface area contributed by atoms with Gasteiger partial charge >= 0.3 is 0 Å². The first kappa shape index (κ1) is 14.2. The van der Waals surface area contributed by atoms with Crippen molar-refractivity contribution in [3.8, 4) is 0 Å². The van der Waals surface area contributed by atoms with Gasteiger partial charge in [-0.2, -0.15) is 0 Å². The third-order valence-electron chi connectivity index (χ3n) is 2.68. The third kappa shape index (κ3) is 3.03. The predicted molar refractivity (Wildman–Crippen MR) is 71.8 cm³/mol. The van der Waals surface area contributed by atoms with Crippen LogP contribution in [0.5, 0.6) is 0 Å². The van der Waals surface area contributed by atoms with Crippen LogP contribution in [0.3, 0.4) is 0 Å². The van der Waals surface area contributed by atoms with Gasteiger partial charge in [-0.3, -0.25) is 10.1 Å². The molecule has 0 aliphatic heterocycles. The van der Waals surface area contributed by atoms with Crippen LogP contribution in [0.2, 0.25) is 5.02 Å². The van der Waals surface area contributed by atoms with Crippen molar-refractivity contribution >= 4 is 23.0 Å². The number of rotatable bonds is 4. The lowest BCUT2D eigenvalue weighted by molar-refractivity contribution is -0.384. The van der Waals surface area contributed by atoms with Gasteiger partial charge in [0.15, 0.2) is 0 Å². The first-order valence-electron chi connectivity index (χ1n) is 5.59. The van der Waals surface area contributed by atoms with Crippen molar-refractivity contribution in [2.45, 2.75) is 6.54 Å². The lowest BCUT2D eigenvalue weighted by atomic mass is 10.2. The zero-order valence-electron chi connectivity index (χ0n) is 10.1. The summed E-state index contributed by atoms with van der Waals surface area (Å²) in [5.41, 5.74) is 0.0828. The molecule has 2 rings (SSSR count). The number of halogens is 3. The lowest BCUT2D eigenvalue weighted by Crippen LogP contribution is -2.05. The molecule has 0 unspecified atom stereocenters. The number of benzene rings is 2. The van der Waals surface area contributed by atoms with E-state index in [1.807, 2.05) is 0 Å². The summed E-state index contributed by atoms with van der Waals surface area (Å²) in [6.07, 6.45) is 0. The number of hydrogen-bond donors (Lipinski definition) is 1. The fourth-order valence-electron chi connectivity index (χ4n) is 1.65. The summed E-state index contributed by atoms with van der Waals surface area (Å²) in [6.45, 7) is -0.115. The van der Waals surface area contributed by atoms with E-state index in [1.54, 1.807) is 0 Å². The molecule has 0 aromatic heterocycles. The molecule has 4 nitrogen and oxygen atoms in total. The van der Waals surface area contributed by atoms with E-state index in [0.717, 1.165) is 12.1 Å². The van der Waals surface area contributed by atoms with Gasteiger partial charge in [-0.05, 0) is 18.2 Å². The summed E-state index contributed by atoms with van der Waals surface area (Å²) < 4.78 is 26.8. The molecule has 0 saturated carbocycles. The maximum absolute atomic E-state index is 13.4. The second-order valence-electron chi connectivity index (χ2n) is 3.98.